The highest BCUT2D eigenvalue weighted by Crippen LogP contribution is 2.40. The first-order valence-electron chi connectivity index (χ1n) is 6.47. The Bertz CT molecular complexity index is 611. The summed E-state index contributed by atoms with van der Waals surface area (Å²) in [6, 6.07) is 14.9. The summed E-state index contributed by atoms with van der Waals surface area (Å²) >= 11 is 3.52. The number of hydrogen-bond donors (Lipinski definition) is 1. The molecular weight excluding hydrogens is 302 g/mol. The van der Waals surface area contributed by atoms with Crippen molar-refractivity contribution in [1.29, 1.82) is 0 Å². The van der Waals surface area contributed by atoms with Crippen LogP contribution in [0.15, 0.2) is 46.9 Å². The molecule has 1 aliphatic heterocycles. The summed E-state index contributed by atoms with van der Waals surface area (Å²) in [6.45, 7) is 2.29. The number of aliphatic hydroxyl groups is 1. The molecule has 19 heavy (non-hydrogen) atoms. The lowest BCUT2D eigenvalue weighted by atomic mass is 10.1. The van der Waals surface area contributed by atoms with Crippen LogP contribution in [0.1, 0.15) is 18.1 Å². The standard InChI is InChI=1S/C16H16BrNO/c1-11-8-12-4-2-3-5-15(12)18(11)16-9-14(17)7-6-13(16)10-19/h2-7,9,11,19H,8,10H2,1H3. The SMILES string of the molecule is CC1Cc2ccccc2N1c1cc(Br)ccc1CO. The average Bonchev–Trinajstić information content (AvgIpc) is 2.74. The fourth-order valence-corrected chi connectivity index (χ4v) is 3.18. The molecule has 3 heteroatoms. The Morgan fingerprint density at radius 2 is 2.00 bits per heavy atom. The van der Waals surface area contributed by atoms with Gasteiger partial charge in [0.2, 0.25) is 0 Å². The van der Waals surface area contributed by atoms with E-state index in [1.54, 1.807) is 0 Å². The minimum atomic E-state index is 0.0635. The first-order valence-corrected chi connectivity index (χ1v) is 7.26. The van der Waals surface area contributed by atoms with Crippen molar-refractivity contribution in [2.75, 3.05) is 4.90 Å². The fraction of sp³-hybridized carbons (Fsp3) is 0.250. The third-order valence-corrected chi connectivity index (χ3v) is 4.18. The maximum Gasteiger partial charge on any atom is 0.0702 e. The Labute approximate surface area is 121 Å². The van der Waals surface area contributed by atoms with Gasteiger partial charge in [0.05, 0.1) is 6.61 Å². The van der Waals surface area contributed by atoms with E-state index < -0.39 is 0 Å². The van der Waals surface area contributed by atoms with Gasteiger partial charge in [-0.05, 0) is 37.1 Å². The van der Waals surface area contributed by atoms with Gasteiger partial charge in [-0.15, -0.1) is 0 Å². The van der Waals surface area contributed by atoms with E-state index >= 15 is 0 Å². The molecule has 0 radical (unpaired) electrons. The van der Waals surface area contributed by atoms with Crippen LogP contribution in [0.4, 0.5) is 11.4 Å². The van der Waals surface area contributed by atoms with E-state index in [0.717, 1.165) is 22.1 Å². The number of rotatable bonds is 2. The lowest BCUT2D eigenvalue weighted by Crippen LogP contribution is -2.25. The van der Waals surface area contributed by atoms with Crippen molar-refractivity contribution in [2.24, 2.45) is 0 Å². The first kappa shape index (κ1) is 12.7. The van der Waals surface area contributed by atoms with Crippen molar-refractivity contribution in [3.63, 3.8) is 0 Å². The quantitative estimate of drug-likeness (QED) is 0.904. The molecule has 1 atom stereocenters. The zero-order chi connectivity index (χ0) is 13.4. The highest BCUT2D eigenvalue weighted by atomic mass is 79.9. The second kappa shape index (κ2) is 4.99. The highest BCUT2D eigenvalue weighted by Gasteiger charge is 2.28. The van der Waals surface area contributed by atoms with Crippen LogP contribution in [-0.2, 0) is 13.0 Å². The normalized spacial score (nSPS) is 17.6. The fourth-order valence-electron chi connectivity index (χ4n) is 2.83. The van der Waals surface area contributed by atoms with E-state index in [9.17, 15) is 5.11 Å². The number of para-hydroxylation sites is 1. The second-order valence-electron chi connectivity index (χ2n) is 4.98. The number of nitrogens with zero attached hydrogens (tertiary/aromatic N) is 1. The third-order valence-electron chi connectivity index (χ3n) is 3.68. The molecule has 0 amide bonds. The molecule has 0 saturated carbocycles. The van der Waals surface area contributed by atoms with Gasteiger partial charge in [0.1, 0.15) is 0 Å². The smallest absolute Gasteiger partial charge is 0.0702 e. The summed E-state index contributed by atoms with van der Waals surface area (Å²) < 4.78 is 1.04. The van der Waals surface area contributed by atoms with Crippen LogP contribution in [0, 0.1) is 0 Å². The van der Waals surface area contributed by atoms with Gasteiger partial charge in [0, 0.05) is 27.5 Å². The van der Waals surface area contributed by atoms with Crippen LogP contribution >= 0.6 is 15.9 Å². The summed E-state index contributed by atoms with van der Waals surface area (Å²) in [7, 11) is 0. The second-order valence-corrected chi connectivity index (χ2v) is 5.90. The van der Waals surface area contributed by atoms with Crippen molar-refractivity contribution in [1.82, 2.24) is 0 Å². The maximum absolute atomic E-state index is 9.56. The highest BCUT2D eigenvalue weighted by molar-refractivity contribution is 9.10. The lowest BCUT2D eigenvalue weighted by molar-refractivity contribution is 0.282. The lowest BCUT2D eigenvalue weighted by Gasteiger charge is -2.27. The van der Waals surface area contributed by atoms with E-state index in [-0.39, 0.29) is 6.61 Å². The molecule has 2 aromatic rings. The molecule has 98 valence electrons. The number of fused-ring (bicyclic) bond motifs is 1. The van der Waals surface area contributed by atoms with Crippen molar-refractivity contribution >= 4 is 27.3 Å². The van der Waals surface area contributed by atoms with Crippen LogP contribution in [-0.4, -0.2) is 11.1 Å². The number of benzene rings is 2. The molecule has 1 unspecified atom stereocenters. The van der Waals surface area contributed by atoms with Gasteiger partial charge in [0.15, 0.2) is 0 Å². The van der Waals surface area contributed by atoms with Gasteiger partial charge in [-0.1, -0.05) is 40.2 Å². The summed E-state index contributed by atoms with van der Waals surface area (Å²) in [5, 5.41) is 9.56. The Balaban J connectivity index is 2.14. The van der Waals surface area contributed by atoms with Gasteiger partial charge in [-0.2, -0.15) is 0 Å². The van der Waals surface area contributed by atoms with Gasteiger partial charge in [0.25, 0.3) is 0 Å². The average molecular weight is 318 g/mol. The molecule has 0 aromatic heterocycles. The Morgan fingerprint density at radius 3 is 2.79 bits per heavy atom. The van der Waals surface area contributed by atoms with Crippen molar-refractivity contribution < 1.29 is 5.11 Å². The Kier molecular flexibility index (Phi) is 3.33. The van der Waals surface area contributed by atoms with Gasteiger partial charge in [-0.3, -0.25) is 0 Å². The van der Waals surface area contributed by atoms with Crippen LogP contribution in [0.3, 0.4) is 0 Å². The minimum absolute atomic E-state index is 0.0635. The molecule has 3 rings (SSSR count). The van der Waals surface area contributed by atoms with Crippen LogP contribution in [0.25, 0.3) is 0 Å². The van der Waals surface area contributed by atoms with Gasteiger partial charge < -0.3 is 10.0 Å². The molecule has 1 aliphatic rings. The van der Waals surface area contributed by atoms with E-state index in [1.807, 2.05) is 12.1 Å². The molecule has 1 N–H and O–H groups in total. The molecular formula is C16H16BrNO. The molecule has 0 spiro atoms. The molecule has 0 saturated heterocycles. The monoisotopic (exact) mass is 317 g/mol. The Hall–Kier alpha value is -1.32. The van der Waals surface area contributed by atoms with E-state index in [1.165, 1.54) is 11.3 Å². The number of halogens is 1. The molecule has 0 aliphatic carbocycles. The van der Waals surface area contributed by atoms with Crippen LogP contribution < -0.4 is 4.90 Å². The maximum atomic E-state index is 9.56. The molecule has 1 heterocycles. The molecule has 0 bridgehead atoms. The minimum Gasteiger partial charge on any atom is -0.392 e. The first-order chi connectivity index (χ1) is 9.20. The van der Waals surface area contributed by atoms with Crippen LogP contribution in [0.5, 0.6) is 0 Å². The van der Waals surface area contributed by atoms with Gasteiger partial charge >= 0.3 is 0 Å². The van der Waals surface area contributed by atoms with Gasteiger partial charge in [-0.25, -0.2) is 0 Å². The Morgan fingerprint density at radius 1 is 1.21 bits per heavy atom. The molecule has 2 aromatic carbocycles. The molecule has 2 nitrogen and oxygen atoms in total. The summed E-state index contributed by atoms with van der Waals surface area (Å²) in [6.07, 6.45) is 1.05. The number of anilines is 2. The van der Waals surface area contributed by atoms with Crippen molar-refractivity contribution in [3.05, 3.63) is 58.1 Å². The van der Waals surface area contributed by atoms with Crippen molar-refractivity contribution in [3.8, 4) is 0 Å². The van der Waals surface area contributed by atoms with E-state index in [2.05, 4.69) is 58.1 Å². The summed E-state index contributed by atoms with van der Waals surface area (Å²) in [5.41, 5.74) is 4.68. The topological polar surface area (TPSA) is 23.5 Å². The number of hydrogen-bond acceptors (Lipinski definition) is 2. The molecule has 0 fully saturated rings. The van der Waals surface area contributed by atoms with E-state index in [0.29, 0.717) is 6.04 Å². The largest absolute Gasteiger partial charge is 0.392 e. The zero-order valence-electron chi connectivity index (χ0n) is 10.8. The summed E-state index contributed by atoms with van der Waals surface area (Å²) in [4.78, 5) is 2.33. The number of aliphatic hydroxyl groups excluding tert-OH is 1. The third kappa shape index (κ3) is 2.17. The summed E-state index contributed by atoms with van der Waals surface area (Å²) in [5.74, 6) is 0. The predicted octanol–water partition coefficient (Wildman–Crippen LogP) is 4.02. The van der Waals surface area contributed by atoms with Crippen molar-refractivity contribution in [2.45, 2.75) is 26.0 Å². The zero-order valence-corrected chi connectivity index (χ0v) is 12.4. The van der Waals surface area contributed by atoms with E-state index in [4.69, 9.17) is 0 Å². The van der Waals surface area contributed by atoms with Crippen LogP contribution in [0.2, 0.25) is 0 Å². The predicted molar refractivity (Wildman–Crippen MR) is 81.8 cm³/mol.